The number of benzene rings is 2. The van der Waals surface area contributed by atoms with Crippen molar-refractivity contribution in [2.24, 2.45) is 0 Å². The molecule has 1 amide bonds. The van der Waals surface area contributed by atoms with E-state index in [0.717, 1.165) is 16.7 Å². The number of amides is 1. The normalized spacial score (nSPS) is 12.0. The minimum absolute atomic E-state index is 0.0762. The smallest absolute Gasteiger partial charge is 0.279 e. The standard InChI is InChI=1S/C18H20Cl2N2O/c1-11-7-12(2)18(16(20)8-11)22-17(23)10-21-13(3)14-5-4-6-15(19)9-14/h4-9,13,21H,10H2,1-3H3,(H,22,23)/p+1/t13-/m0/s1. The predicted octanol–water partition coefficient (Wildman–Crippen LogP) is 3.87. The molecule has 2 aromatic rings. The van der Waals surface area contributed by atoms with Crippen LogP contribution in [0, 0.1) is 13.8 Å². The number of hydrogen-bond acceptors (Lipinski definition) is 1. The predicted molar refractivity (Wildman–Crippen MR) is 96.2 cm³/mol. The third-order valence-corrected chi connectivity index (χ3v) is 4.26. The zero-order valence-electron chi connectivity index (χ0n) is 13.5. The van der Waals surface area contributed by atoms with Gasteiger partial charge in [0.2, 0.25) is 0 Å². The zero-order valence-corrected chi connectivity index (χ0v) is 15.0. The van der Waals surface area contributed by atoms with Gasteiger partial charge in [0.1, 0.15) is 6.04 Å². The number of hydrogen-bond donors (Lipinski definition) is 2. The zero-order chi connectivity index (χ0) is 17.0. The highest BCUT2D eigenvalue weighted by Gasteiger charge is 2.14. The molecular formula is C18H21Cl2N2O+. The Kier molecular flexibility index (Phi) is 6.05. The first kappa shape index (κ1) is 17.8. The van der Waals surface area contributed by atoms with Gasteiger partial charge in [-0.05, 0) is 50.1 Å². The summed E-state index contributed by atoms with van der Waals surface area (Å²) in [5.74, 6) is -0.0762. The summed E-state index contributed by atoms with van der Waals surface area (Å²) in [5.41, 5.74) is 3.82. The molecule has 23 heavy (non-hydrogen) atoms. The van der Waals surface area contributed by atoms with E-state index in [1.165, 1.54) is 0 Å². The maximum Gasteiger partial charge on any atom is 0.279 e. The van der Waals surface area contributed by atoms with Crippen LogP contribution in [0.2, 0.25) is 10.0 Å². The number of halogens is 2. The summed E-state index contributed by atoms with van der Waals surface area (Å²) in [7, 11) is 0. The molecule has 0 aromatic heterocycles. The summed E-state index contributed by atoms with van der Waals surface area (Å²) >= 11 is 12.2. The fraction of sp³-hybridized carbons (Fsp3) is 0.278. The van der Waals surface area contributed by atoms with Gasteiger partial charge >= 0.3 is 0 Å². The lowest BCUT2D eigenvalue weighted by Crippen LogP contribution is -2.86. The Balaban J connectivity index is 1.95. The summed E-state index contributed by atoms with van der Waals surface area (Å²) in [6, 6.07) is 11.7. The monoisotopic (exact) mass is 351 g/mol. The first-order valence-electron chi connectivity index (χ1n) is 7.52. The number of anilines is 1. The van der Waals surface area contributed by atoms with E-state index >= 15 is 0 Å². The Bertz CT molecular complexity index is 693. The highest BCUT2D eigenvalue weighted by molar-refractivity contribution is 6.34. The van der Waals surface area contributed by atoms with Crippen molar-refractivity contribution in [3.05, 3.63) is 63.1 Å². The third kappa shape index (κ3) is 4.96. The van der Waals surface area contributed by atoms with Crippen molar-refractivity contribution < 1.29 is 10.1 Å². The summed E-state index contributed by atoms with van der Waals surface area (Å²) < 4.78 is 0. The number of aryl methyl sites for hydroxylation is 2. The first-order valence-corrected chi connectivity index (χ1v) is 8.28. The molecule has 3 N–H and O–H groups in total. The fourth-order valence-corrected chi connectivity index (χ4v) is 3.04. The minimum Gasteiger partial charge on any atom is -0.333 e. The fourth-order valence-electron chi connectivity index (χ4n) is 2.47. The second-order valence-corrected chi connectivity index (χ2v) is 6.61. The number of nitrogens with two attached hydrogens (primary N) is 1. The van der Waals surface area contributed by atoms with Crippen LogP contribution in [-0.2, 0) is 4.79 Å². The molecule has 1 atom stereocenters. The lowest BCUT2D eigenvalue weighted by molar-refractivity contribution is -0.682. The van der Waals surface area contributed by atoms with Crippen LogP contribution in [0.15, 0.2) is 36.4 Å². The van der Waals surface area contributed by atoms with Gasteiger partial charge in [-0.25, -0.2) is 0 Å². The molecule has 3 nitrogen and oxygen atoms in total. The van der Waals surface area contributed by atoms with Crippen molar-refractivity contribution in [2.45, 2.75) is 26.8 Å². The largest absolute Gasteiger partial charge is 0.333 e. The highest BCUT2D eigenvalue weighted by Crippen LogP contribution is 2.27. The van der Waals surface area contributed by atoms with Crippen LogP contribution in [0.1, 0.15) is 29.7 Å². The van der Waals surface area contributed by atoms with Crippen LogP contribution in [0.5, 0.6) is 0 Å². The van der Waals surface area contributed by atoms with Gasteiger partial charge in [-0.1, -0.05) is 41.4 Å². The number of quaternary nitrogens is 1. The van der Waals surface area contributed by atoms with Crippen molar-refractivity contribution in [2.75, 3.05) is 11.9 Å². The van der Waals surface area contributed by atoms with Crippen molar-refractivity contribution in [1.29, 1.82) is 0 Å². The van der Waals surface area contributed by atoms with Crippen LogP contribution >= 0.6 is 23.2 Å². The molecule has 0 fully saturated rings. The average molecular weight is 352 g/mol. The Morgan fingerprint density at radius 2 is 1.96 bits per heavy atom. The van der Waals surface area contributed by atoms with Gasteiger partial charge < -0.3 is 10.6 Å². The minimum atomic E-state index is -0.0762. The Labute approximate surface area is 147 Å². The van der Waals surface area contributed by atoms with E-state index in [1.807, 2.05) is 62.5 Å². The molecule has 0 aliphatic heterocycles. The molecule has 122 valence electrons. The van der Waals surface area contributed by atoms with Crippen LogP contribution in [-0.4, -0.2) is 12.5 Å². The highest BCUT2D eigenvalue weighted by atomic mass is 35.5. The van der Waals surface area contributed by atoms with Crippen molar-refractivity contribution in [1.82, 2.24) is 0 Å². The second-order valence-electron chi connectivity index (χ2n) is 5.77. The molecule has 5 heteroatoms. The van der Waals surface area contributed by atoms with E-state index < -0.39 is 0 Å². The molecular weight excluding hydrogens is 331 g/mol. The summed E-state index contributed by atoms with van der Waals surface area (Å²) in [6.45, 7) is 6.28. The maximum atomic E-state index is 12.2. The van der Waals surface area contributed by atoms with E-state index in [-0.39, 0.29) is 11.9 Å². The van der Waals surface area contributed by atoms with Crippen LogP contribution < -0.4 is 10.6 Å². The quantitative estimate of drug-likeness (QED) is 0.843. The van der Waals surface area contributed by atoms with E-state index in [1.54, 1.807) is 0 Å². The van der Waals surface area contributed by atoms with E-state index in [9.17, 15) is 4.79 Å². The Morgan fingerprint density at radius 1 is 1.22 bits per heavy atom. The molecule has 0 heterocycles. The van der Waals surface area contributed by atoms with E-state index in [4.69, 9.17) is 23.2 Å². The van der Waals surface area contributed by atoms with Crippen LogP contribution in [0.3, 0.4) is 0 Å². The van der Waals surface area contributed by atoms with Crippen LogP contribution in [0.4, 0.5) is 5.69 Å². The Hall–Kier alpha value is -1.55. The maximum absolute atomic E-state index is 12.2. The number of nitrogens with one attached hydrogen (secondary N) is 1. The first-order chi connectivity index (χ1) is 10.9. The molecule has 0 saturated heterocycles. The SMILES string of the molecule is Cc1cc(C)c(NC(=O)C[NH2+][C@@H](C)c2cccc(Cl)c2)c(Cl)c1. The topological polar surface area (TPSA) is 45.7 Å². The number of carbonyl (C=O) groups excluding carboxylic acids is 1. The molecule has 0 bridgehead atoms. The van der Waals surface area contributed by atoms with Gasteiger partial charge in [-0.2, -0.15) is 0 Å². The van der Waals surface area contributed by atoms with Crippen molar-refractivity contribution in [3.63, 3.8) is 0 Å². The van der Waals surface area contributed by atoms with E-state index in [2.05, 4.69) is 5.32 Å². The van der Waals surface area contributed by atoms with Gasteiger partial charge in [-0.3, -0.25) is 4.79 Å². The van der Waals surface area contributed by atoms with Gasteiger partial charge in [0.25, 0.3) is 5.91 Å². The van der Waals surface area contributed by atoms with Crippen LogP contribution in [0.25, 0.3) is 0 Å². The molecule has 2 aromatic carbocycles. The van der Waals surface area contributed by atoms with Gasteiger partial charge in [0.05, 0.1) is 10.7 Å². The van der Waals surface area contributed by atoms with Crippen molar-refractivity contribution in [3.8, 4) is 0 Å². The summed E-state index contributed by atoms with van der Waals surface area (Å²) in [4.78, 5) is 12.2. The lowest BCUT2D eigenvalue weighted by atomic mass is 10.1. The van der Waals surface area contributed by atoms with Gasteiger partial charge in [-0.15, -0.1) is 0 Å². The Morgan fingerprint density at radius 3 is 2.61 bits per heavy atom. The number of rotatable bonds is 5. The molecule has 0 aliphatic rings. The van der Waals surface area contributed by atoms with Crippen molar-refractivity contribution >= 4 is 34.8 Å². The van der Waals surface area contributed by atoms with Gasteiger partial charge in [0, 0.05) is 10.6 Å². The number of carbonyl (C=O) groups is 1. The molecule has 0 aliphatic carbocycles. The second kappa shape index (κ2) is 7.82. The molecule has 2 rings (SSSR count). The summed E-state index contributed by atoms with van der Waals surface area (Å²) in [6.07, 6.45) is 0. The molecule has 0 unspecified atom stereocenters. The average Bonchev–Trinajstić information content (AvgIpc) is 2.48. The third-order valence-electron chi connectivity index (χ3n) is 3.73. The molecule has 0 spiro atoms. The molecule has 0 radical (unpaired) electrons. The van der Waals surface area contributed by atoms with E-state index in [0.29, 0.717) is 22.3 Å². The lowest BCUT2D eigenvalue weighted by Gasteiger charge is -2.13. The van der Waals surface area contributed by atoms with Gasteiger partial charge in [0.15, 0.2) is 6.54 Å². The summed E-state index contributed by atoms with van der Waals surface area (Å²) in [5, 5.41) is 6.14. The molecule has 0 saturated carbocycles.